The van der Waals surface area contributed by atoms with E-state index in [2.05, 4.69) is 15.3 Å². The molecule has 0 aliphatic carbocycles. The van der Waals surface area contributed by atoms with E-state index >= 15 is 0 Å². The Kier molecular flexibility index (Phi) is 3.20. The number of nitrogens with zero attached hydrogens (tertiary/aromatic N) is 4. The summed E-state index contributed by atoms with van der Waals surface area (Å²) in [6.45, 7) is 0. The molecule has 7 nitrogen and oxygen atoms in total. The normalized spacial score (nSPS) is 11.9. The van der Waals surface area contributed by atoms with Gasteiger partial charge in [0.1, 0.15) is 0 Å². The van der Waals surface area contributed by atoms with Crippen LogP contribution in [0.5, 0.6) is 5.88 Å². The molecule has 2 aromatic heterocycles. The van der Waals surface area contributed by atoms with Crippen molar-refractivity contribution in [3.63, 3.8) is 0 Å². The van der Waals surface area contributed by atoms with Crippen LogP contribution in [0.3, 0.4) is 0 Å². The van der Waals surface area contributed by atoms with Gasteiger partial charge in [0.25, 0.3) is 0 Å². The number of sulfone groups is 1. The van der Waals surface area contributed by atoms with Gasteiger partial charge in [-0.05, 0) is 24.3 Å². The third kappa shape index (κ3) is 2.04. The second kappa shape index (κ2) is 5.27. The Labute approximate surface area is 137 Å². The highest BCUT2D eigenvalue weighted by Crippen LogP contribution is 2.28. The highest BCUT2D eigenvalue weighted by atomic mass is 32.2. The first-order valence-electron chi connectivity index (χ1n) is 7.11. The van der Waals surface area contributed by atoms with Gasteiger partial charge in [0.05, 0.1) is 22.9 Å². The summed E-state index contributed by atoms with van der Waals surface area (Å²) in [7, 11) is -2.34. The molecule has 0 unspecified atom stereocenters. The van der Waals surface area contributed by atoms with Crippen LogP contribution in [0.15, 0.2) is 64.5 Å². The SMILES string of the molecule is COc1nc2c(S(=O)(=O)c3ccccc3)nnn2c2ccccc12. The maximum atomic E-state index is 12.8. The van der Waals surface area contributed by atoms with Crippen LogP contribution < -0.4 is 4.74 Å². The van der Waals surface area contributed by atoms with E-state index in [9.17, 15) is 8.42 Å². The van der Waals surface area contributed by atoms with E-state index in [0.29, 0.717) is 11.4 Å². The molecule has 0 spiro atoms. The van der Waals surface area contributed by atoms with Crippen molar-refractivity contribution < 1.29 is 13.2 Å². The number of para-hydroxylation sites is 1. The molecule has 2 heterocycles. The number of fused-ring (bicyclic) bond motifs is 3. The Bertz CT molecular complexity index is 1150. The van der Waals surface area contributed by atoms with Crippen molar-refractivity contribution in [3.05, 3.63) is 54.6 Å². The summed E-state index contributed by atoms with van der Waals surface area (Å²) < 4.78 is 32.4. The zero-order chi connectivity index (χ0) is 16.7. The summed E-state index contributed by atoms with van der Waals surface area (Å²) in [6.07, 6.45) is 0. The van der Waals surface area contributed by atoms with Gasteiger partial charge in [0.2, 0.25) is 20.7 Å². The minimum atomic E-state index is -3.83. The minimum absolute atomic E-state index is 0.134. The predicted octanol–water partition coefficient (Wildman–Crippen LogP) is 2.12. The fourth-order valence-corrected chi connectivity index (χ4v) is 3.81. The van der Waals surface area contributed by atoms with Crippen LogP contribution in [0.4, 0.5) is 0 Å². The Morgan fingerprint density at radius 2 is 1.71 bits per heavy atom. The molecular weight excluding hydrogens is 328 g/mol. The molecule has 0 bridgehead atoms. The maximum Gasteiger partial charge on any atom is 0.229 e. The predicted molar refractivity (Wildman–Crippen MR) is 86.7 cm³/mol. The molecule has 0 amide bonds. The summed E-state index contributed by atoms with van der Waals surface area (Å²) in [6, 6.07) is 15.4. The second-order valence-corrected chi connectivity index (χ2v) is 6.95. The lowest BCUT2D eigenvalue weighted by molar-refractivity contribution is 0.404. The van der Waals surface area contributed by atoms with Crippen molar-refractivity contribution in [2.75, 3.05) is 7.11 Å². The molecule has 0 aliphatic heterocycles. The molecule has 0 aliphatic rings. The van der Waals surface area contributed by atoms with Crippen LogP contribution in [0.1, 0.15) is 0 Å². The second-order valence-electron chi connectivity index (χ2n) is 5.08. The van der Waals surface area contributed by atoms with E-state index in [1.807, 2.05) is 18.2 Å². The number of hydrogen-bond acceptors (Lipinski definition) is 6. The molecule has 0 N–H and O–H groups in total. The molecule has 0 atom stereocenters. The summed E-state index contributed by atoms with van der Waals surface area (Å²) in [4.78, 5) is 4.45. The van der Waals surface area contributed by atoms with Gasteiger partial charge in [-0.3, -0.25) is 0 Å². The average molecular weight is 340 g/mol. The van der Waals surface area contributed by atoms with Gasteiger partial charge in [-0.2, -0.15) is 9.50 Å². The lowest BCUT2D eigenvalue weighted by Crippen LogP contribution is -2.04. The Balaban J connectivity index is 2.07. The summed E-state index contributed by atoms with van der Waals surface area (Å²) in [5.41, 5.74) is 0.802. The van der Waals surface area contributed by atoms with E-state index in [1.165, 1.54) is 23.8 Å². The topological polar surface area (TPSA) is 86.5 Å². The van der Waals surface area contributed by atoms with Crippen molar-refractivity contribution >= 4 is 26.4 Å². The van der Waals surface area contributed by atoms with Gasteiger partial charge in [-0.1, -0.05) is 35.5 Å². The van der Waals surface area contributed by atoms with Crippen LogP contribution in [-0.4, -0.2) is 35.3 Å². The first-order valence-corrected chi connectivity index (χ1v) is 8.59. The van der Waals surface area contributed by atoms with Crippen molar-refractivity contribution in [1.29, 1.82) is 0 Å². The molecule has 0 radical (unpaired) electrons. The van der Waals surface area contributed by atoms with Gasteiger partial charge in [-0.15, -0.1) is 5.10 Å². The average Bonchev–Trinajstić information content (AvgIpc) is 3.06. The van der Waals surface area contributed by atoms with Gasteiger partial charge >= 0.3 is 0 Å². The number of methoxy groups -OCH3 is 1. The number of aromatic nitrogens is 4. The lowest BCUT2D eigenvalue weighted by atomic mass is 10.2. The molecule has 24 heavy (non-hydrogen) atoms. The van der Waals surface area contributed by atoms with Crippen LogP contribution in [0.2, 0.25) is 0 Å². The third-order valence-electron chi connectivity index (χ3n) is 3.69. The van der Waals surface area contributed by atoms with Crippen LogP contribution in [-0.2, 0) is 9.84 Å². The first kappa shape index (κ1) is 14.6. The smallest absolute Gasteiger partial charge is 0.229 e. The first-order chi connectivity index (χ1) is 11.6. The summed E-state index contributed by atoms with van der Waals surface area (Å²) >= 11 is 0. The van der Waals surface area contributed by atoms with Crippen LogP contribution >= 0.6 is 0 Å². The highest BCUT2D eigenvalue weighted by molar-refractivity contribution is 7.91. The van der Waals surface area contributed by atoms with Crippen LogP contribution in [0, 0.1) is 0 Å². The molecule has 0 saturated heterocycles. The van der Waals surface area contributed by atoms with Crippen molar-refractivity contribution in [3.8, 4) is 5.88 Å². The highest BCUT2D eigenvalue weighted by Gasteiger charge is 2.26. The Morgan fingerprint density at radius 3 is 2.46 bits per heavy atom. The maximum absolute atomic E-state index is 12.8. The van der Waals surface area contributed by atoms with E-state index < -0.39 is 9.84 Å². The van der Waals surface area contributed by atoms with Gasteiger partial charge in [0.15, 0.2) is 5.65 Å². The van der Waals surface area contributed by atoms with Crippen molar-refractivity contribution in [2.45, 2.75) is 9.92 Å². The molecule has 0 saturated carbocycles. The van der Waals surface area contributed by atoms with Crippen molar-refractivity contribution in [1.82, 2.24) is 19.8 Å². The minimum Gasteiger partial charge on any atom is -0.480 e. The van der Waals surface area contributed by atoms with Crippen LogP contribution in [0.25, 0.3) is 16.6 Å². The van der Waals surface area contributed by atoms with E-state index in [0.717, 1.165) is 5.39 Å². The van der Waals surface area contributed by atoms with Crippen molar-refractivity contribution in [2.24, 2.45) is 0 Å². The molecule has 0 fully saturated rings. The number of benzene rings is 2. The lowest BCUT2D eigenvalue weighted by Gasteiger charge is -2.06. The molecule has 120 valence electrons. The fraction of sp³-hybridized carbons (Fsp3) is 0.0625. The van der Waals surface area contributed by atoms with Gasteiger partial charge in [-0.25, -0.2) is 8.42 Å². The van der Waals surface area contributed by atoms with E-state index in [4.69, 9.17) is 4.74 Å². The fourth-order valence-electron chi connectivity index (χ4n) is 2.56. The standard InChI is InChI=1S/C16H12N4O3S/c1-23-15-12-9-5-6-10-13(12)20-14(17-15)16(18-19-20)24(21,22)11-7-3-2-4-8-11/h2-10H,1H3. The number of rotatable bonds is 3. The summed E-state index contributed by atoms with van der Waals surface area (Å²) in [5, 5.41) is 8.39. The Hall–Kier alpha value is -3.00. The molecule has 4 aromatic rings. The summed E-state index contributed by atoms with van der Waals surface area (Å²) in [5.74, 6) is 0.324. The zero-order valence-corrected chi connectivity index (χ0v) is 13.4. The molecule has 2 aromatic carbocycles. The Morgan fingerprint density at radius 1 is 1.00 bits per heavy atom. The molecule has 8 heteroatoms. The monoisotopic (exact) mass is 340 g/mol. The molecular formula is C16H12N4O3S. The van der Waals surface area contributed by atoms with E-state index in [1.54, 1.807) is 24.3 Å². The number of ether oxygens (including phenoxy) is 1. The van der Waals surface area contributed by atoms with E-state index in [-0.39, 0.29) is 15.6 Å². The van der Waals surface area contributed by atoms with Gasteiger partial charge in [0, 0.05) is 0 Å². The largest absolute Gasteiger partial charge is 0.480 e. The zero-order valence-electron chi connectivity index (χ0n) is 12.6. The number of hydrogen-bond donors (Lipinski definition) is 0. The quantitative estimate of drug-likeness (QED) is 0.568. The van der Waals surface area contributed by atoms with Gasteiger partial charge < -0.3 is 4.74 Å². The molecule has 4 rings (SSSR count). The third-order valence-corrected chi connectivity index (χ3v) is 5.35.